The first-order valence-electron chi connectivity index (χ1n) is 8.78. The molecule has 1 N–H and O–H groups in total. The topological polar surface area (TPSA) is 73.3 Å². The summed E-state index contributed by atoms with van der Waals surface area (Å²) in [4.78, 5) is 21.8. The number of rotatable bonds is 5. The molecule has 0 aliphatic carbocycles. The van der Waals surface area contributed by atoms with E-state index in [2.05, 4.69) is 15.3 Å². The average Bonchev–Trinajstić information content (AvgIpc) is 2.62. The van der Waals surface area contributed by atoms with Crippen LogP contribution in [0.25, 0.3) is 11.0 Å². The van der Waals surface area contributed by atoms with Gasteiger partial charge in [0, 0.05) is 11.8 Å². The summed E-state index contributed by atoms with van der Waals surface area (Å²) in [7, 11) is 1.60. The first-order valence-corrected chi connectivity index (χ1v) is 8.78. The van der Waals surface area contributed by atoms with Crippen LogP contribution in [0.15, 0.2) is 36.4 Å². The Morgan fingerprint density at radius 2 is 1.70 bits per heavy atom. The lowest BCUT2D eigenvalue weighted by atomic mass is 10.1. The fraction of sp³-hybridized carbons (Fsp3) is 0.286. The largest absolute Gasteiger partial charge is 0.497 e. The fourth-order valence-corrected chi connectivity index (χ4v) is 2.65. The second-order valence-electron chi connectivity index (χ2n) is 6.66. The van der Waals surface area contributed by atoms with Crippen molar-refractivity contribution in [1.82, 2.24) is 9.97 Å². The third kappa shape index (κ3) is 4.16. The van der Waals surface area contributed by atoms with Gasteiger partial charge >= 0.3 is 5.97 Å². The SMILES string of the molecule is COc1cccc(Nc2nc3cc(C)c(C)cc3nc2C(=O)OC(C)C)c1. The second kappa shape index (κ2) is 7.61. The highest BCUT2D eigenvalue weighted by atomic mass is 16.5. The van der Waals surface area contributed by atoms with Crippen LogP contribution in [-0.2, 0) is 4.74 Å². The highest BCUT2D eigenvalue weighted by molar-refractivity contribution is 5.96. The molecule has 1 heterocycles. The lowest BCUT2D eigenvalue weighted by Crippen LogP contribution is -2.16. The molecule has 6 heteroatoms. The van der Waals surface area contributed by atoms with Gasteiger partial charge < -0.3 is 14.8 Å². The number of nitrogens with zero attached hydrogens (tertiary/aromatic N) is 2. The number of methoxy groups -OCH3 is 1. The number of esters is 1. The summed E-state index contributed by atoms with van der Waals surface area (Å²) in [6.45, 7) is 7.63. The van der Waals surface area contributed by atoms with Gasteiger partial charge in [-0.25, -0.2) is 14.8 Å². The third-order valence-electron chi connectivity index (χ3n) is 4.15. The Kier molecular flexibility index (Phi) is 5.26. The number of nitrogens with one attached hydrogen (secondary N) is 1. The first-order chi connectivity index (χ1) is 12.9. The van der Waals surface area contributed by atoms with E-state index in [-0.39, 0.29) is 11.8 Å². The monoisotopic (exact) mass is 365 g/mol. The van der Waals surface area contributed by atoms with E-state index in [1.165, 1.54) is 0 Å². The van der Waals surface area contributed by atoms with Gasteiger partial charge in [-0.15, -0.1) is 0 Å². The van der Waals surface area contributed by atoms with Crippen LogP contribution in [-0.4, -0.2) is 29.2 Å². The van der Waals surface area contributed by atoms with Crippen molar-refractivity contribution in [3.05, 3.63) is 53.2 Å². The number of aromatic nitrogens is 2. The predicted molar refractivity (Wildman–Crippen MR) is 106 cm³/mol. The number of hydrogen-bond acceptors (Lipinski definition) is 6. The van der Waals surface area contributed by atoms with Crippen LogP contribution in [0.4, 0.5) is 11.5 Å². The van der Waals surface area contributed by atoms with Crippen molar-refractivity contribution >= 4 is 28.5 Å². The van der Waals surface area contributed by atoms with E-state index < -0.39 is 5.97 Å². The summed E-state index contributed by atoms with van der Waals surface area (Å²) in [6, 6.07) is 11.3. The van der Waals surface area contributed by atoms with Crippen molar-refractivity contribution in [1.29, 1.82) is 0 Å². The standard InChI is InChI=1S/C21H23N3O3/c1-12(2)27-21(25)19-20(22-15-7-6-8-16(11-15)26-5)24-18-10-14(4)13(3)9-17(18)23-19/h6-12H,1-5H3,(H,22,24). The van der Waals surface area contributed by atoms with Gasteiger partial charge in [0.25, 0.3) is 0 Å². The zero-order valence-corrected chi connectivity index (χ0v) is 16.2. The van der Waals surface area contributed by atoms with Crippen molar-refractivity contribution < 1.29 is 14.3 Å². The molecule has 0 atom stereocenters. The Morgan fingerprint density at radius 3 is 2.33 bits per heavy atom. The van der Waals surface area contributed by atoms with E-state index in [0.29, 0.717) is 22.6 Å². The number of carbonyl (C=O) groups excluding carboxylic acids is 1. The van der Waals surface area contributed by atoms with Crippen LogP contribution >= 0.6 is 0 Å². The Labute approximate surface area is 158 Å². The molecule has 0 aliphatic heterocycles. The molecular weight excluding hydrogens is 342 g/mol. The molecule has 0 fully saturated rings. The maximum Gasteiger partial charge on any atom is 0.361 e. The van der Waals surface area contributed by atoms with Crippen molar-refractivity contribution in [2.75, 3.05) is 12.4 Å². The van der Waals surface area contributed by atoms with Gasteiger partial charge in [-0.3, -0.25) is 0 Å². The molecule has 3 aromatic rings. The smallest absolute Gasteiger partial charge is 0.361 e. The lowest BCUT2D eigenvalue weighted by molar-refractivity contribution is 0.0372. The van der Waals surface area contributed by atoms with Crippen LogP contribution in [0.5, 0.6) is 5.75 Å². The van der Waals surface area contributed by atoms with Crippen LogP contribution in [0.1, 0.15) is 35.5 Å². The Hall–Kier alpha value is -3.15. The maximum atomic E-state index is 12.6. The summed E-state index contributed by atoms with van der Waals surface area (Å²) >= 11 is 0. The van der Waals surface area contributed by atoms with Gasteiger partial charge in [-0.2, -0.15) is 0 Å². The van der Waals surface area contributed by atoms with Gasteiger partial charge in [0.15, 0.2) is 11.5 Å². The van der Waals surface area contributed by atoms with Crippen molar-refractivity contribution in [2.24, 2.45) is 0 Å². The van der Waals surface area contributed by atoms with Crippen molar-refractivity contribution in [3.63, 3.8) is 0 Å². The molecule has 140 valence electrons. The van der Waals surface area contributed by atoms with Gasteiger partial charge in [0.2, 0.25) is 0 Å². The van der Waals surface area contributed by atoms with Gasteiger partial charge in [0.05, 0.1) is 24.2 Å². The highest BCUT2D eigenvalue weighted by Gasteiger charge is 2.20. The molecular formula is C21H23N3O3. The van der Waals surface area contributed by atoms with Gasteiger partial charge in [-0.1, -0.05) is 6.07 Å². The minimum absolute atomic E-state index is 0.155. The maximum absolute atomic E-state index is 12.6. The zero-order chi connectivity index (χ0) is 19.6. The molecule has 0 spiro atoms. The molecule has 0 radical (unpaired) electrons. The molecule has 0 saturated carbocycles. The predicted octanol–water partition coefficient (Wildman–Crippen LogP) is 4.56. The number of ether oxygens (including phenoxy) is 2. The van der Waals surface area contributed by atoms with E-state index in [4.69, 9.17) is 9.47 Å². The van der Waals surface area contributed by atoms with Crippen LogP contribution < -0.4 is 10.1 Å². The third-order valence-corrected chi connectivity index (χ3v) is 4.15. The van der Waals surface area contributed by atoms with E-state index in [1.54, 1.807) is 21.0 Å². The van der Waals surface area contributed by atoms with Crippen molar-refractivity contribution in [3.8, 4) is 5.75 Å². The van der Waals surface area contributed by atoms with E-state index in [9.17, 15) is 4.79 Å². The van der Waals surface area contributed by atoms with E-state index in [1.807, 2.05) is 50.2 Å². The molecule has 0 unspecified atom stereocenters. The minimum atomic E-state index is -0.511. The molecule has 3 rings (SSSR count). The molecule has 2 aromatic carbocycles. The average molecular weight is 365 g/mol. The summed E-state index contributed by atoms with van der Waals surface area (Å²) < 4.78 is 10.6. The summed E-state index contributed by atoms with van der Waals surface area (Å²) in [5.74, 6) is 0.541. The Morgan fingerprint density at radius 1 is 1.04 bits per heavy atom. The summed E-state index contributed by atoms with van der Waals surface area (Å²) in [5, 5.41) is 3.17. The number of hydrogen-bond donors (Lipinski definition) is 1. The minimum Gasteiger partial charge on any atom is -0.497 e. The molecule has 0 amide bonds. The number of carbonyl (C=O) groups is 1. The van der Waals surface area contributed by atoms with Crippen LogP contribution in [0, 0.1) is 13.8 Å². The molecule has 0 saturated heterocycles. The summed E-state index contributed by atoms with van der Waals surface area (Å²) in [6.07, 6.45) is -0.251. The van der Waals surface area contributed by atoms with E-state index in [0.717, 1.165) is 16.8 Å². The highest BCUT2D eigenvalue weighted by Crippen LogP contribution is 2.26. The number of aryl methyl sites for hydroxylation is 2. The Balaban J connectivity index is 2.11. The van der Waals surface area contributed by atoms with Gasteiger partial charge in [-0.05, 0) is 63.1 Å². The summed E-state index contributed by atoms with van der Waals surface area (Å²) in [5.41, 5.74) is 4.47. The number of benzene rings is 2. The second-order valence-corrected chi connectivity index (χ2v) is 6.66. The number of fused-ring (bicyclic) bond motifs is 1. The fourth-order valence-electron chi connectivity index (χ4n) is 2.65. The Bertz CT molecular complexity index is 999. The van der Waals surface area contributed by atoms with E-state index >= 15 is 0 Å². The van der Waals surface area contributed by atoms with Crippen LogP contribution in [0.2, 0.25) is 0 Å². The van der Waals surface area contributed by atoms with Crippen LogP contribution in [0.3, 0.4) is 0 Å². The quantitative estimate of drug-likeness (QED) is 0.668. The molecule has 6 nitrogen and oxygen atoms in total. The number of anilines is 2. The lowest BCUT2D eigenvalue weighted by Gasteiger charge is -2.14. The molecule has 0 aliphatic rings. The zero-order valence-electron chi connectivity index (χ0n) is 16.2. The normalized spacial score (nSPS) is 10.9. The first kappa shape index (κ1) is 18.6. The van der Waals surface area contributed by atoms with Gasteiger partial charge in [0.1, 0.15) is 5.75 Å². The molecule has 1 aromatic heterocycles. The molecule has 0 bridgehead atoms. The molecule has 27 heavy (non-hydrogen) atoms. The van der Waals surface area contributed by atoms with Crippen molar-refractivity contribution in [2.45, 2.75) is 33.8 Å².